The molecule has 0 bridgehead atoms. The second kappa shape index (κ2) is 4.92. The summed E-state index contributed by atoms with van der Waals surface area (Å²) in [4.78, 5) is 20.3. The van der Waals surface area contributed by atoms with Crippen molar-refractivity contribution in [3.8, 4) is 0 Å². The summed E-state index contributed by atoms with van der Waals surface area (Å²) < 4.78 is 0. The van der Waals surface area contributed by atoms with Crippen LogP contribution in [0.25, 0.3) is 0 Å². The van der Waals surface area contributed by atoms with Gasteiger partial charge in [0.1, 0.15) is 5.69 Å². The Labute approximate surface area is 108 Å². The van der Waals surface area contributed by atoms with Crippen molar-refractivity contribution in [2.45, 2.75) is 52.6 Å². The first-order valence-electron chi connectivity index (χ1n) is 6.01. The third kappa shape index (κ3) is 5.12. The van der Waals surface area contributed by atoms with Crippen LogP contribution in [0.3, 0.4) is 0 Å². The fourth-order valence-corrected chi connectivity index (χ4v) is 1.29. The molecule has 0 aromatic carbocycles. The molecule has 1 heterocycles. The topological polar surface area (TPSA) is 66.9 Å². The van der Waals surface area contributed by atoms with Gasteiger partial charge in [-0.2, -0.15) is 0 Å². The van der Waals surface area contributed by atoms with E-state index in [0.29, 0.717) is 11.6 Å². The van der Waals surface area contributed by atoms with Crippen molar-refractivity contribution < 1.29 is 4.79 Å². The highest BCUT2D eigenvalue weighted by atomic mass is 16.2. The van der Waals surface area contributed by atoms with Crippen LogP contribution in [0.4, 0.5) is 5.95 Å². The number of hydrogen-bond acceptors (Lipinski definition) is 4. The van der Waals surface area contributed by atoms with Gasteiger partial charge < -0.3 is 10.6 Å². The highest BCUT2D eigenvalue weighted by Crippen LogP contribution is 2.10. The largest absolute Gasteiger partial charge is 0.350 e. The van der Waals surface area contributed by atoms with E-state index in [9.17, 15) is 4.79 Å². The summed E-state index contributed by atoms with van der Waals surface area (Å²) in [6.45, 7) is 11.8. The predicted octanol–water partition coefficient (Wildman–Crippen LogP) is 2.22. The number of carbonyl (C=O) groups is 1. The molecule has 2 N–H and O–H groups in total. The Morgan fingerprint density at radius 3 is 2.22 bits per heavy atom. The van der Waals surface area contributed by atoms with Gasteiger partial charge in [0.15, 0.2) is 0 Å². The number of anilines is 1. The molecule has 1 rings (SSSR count). The summed E-state index contributed by atoms with van der Waals surface area (Å²) in [5.41, 5.74) is -0.0506. The maximum atomic E-state index is 11.9. The fraction of sp³-hybridized carbons (Fsp3) is 0.615. The van der Waals surface area contributed by atoms with E-state index in [1.54, 1.807) is 12.3 Å². The first-order valence-corrected chi connectivity index (χ1v) is 6.01. The molecule has 1 aromatic rings. The van der Waals surface area contributed by atoms with Gasteiger partial charge in [0.05, 0.1) is 0 Å². The monoisotopic (exact) mass is 250 g/mol. The van der Waals surface area contributed by atoms with Crippen LogP contribution in [0.15, 0.2) is 12.3 Å². The Balaban J connectivity index is 2.85. The molecule has 18 heavy (non-hydrogen) atoms. The van der Waals surface area contributed by atoms with Crippen molar-refractivity contribution in [1.29, 1.82) is 0 Å². The van der Waals surface area contributed by atoms with Crippen molar-refractivity contribution in [2.24, 2.45) is 0 Å². The van der Waals surface area contributed by atoms with Gasteiger partial charge >= 0.3 is 0 Å². The molecule has 0 spiro atoms. The molecular weight excluding hydrogens is 228 g/mol. The fourth-order valence-electron chi connectivity index (χ4n) is 1.29. The van der Waals surface area contributed by atoms with E-state index >= 15 is 0 Å². The van der Waals surface area contributed by atoms with Crippen LogP contribution >= 0.6 is 0 Å². The molecule has 0 radical (unpaired) electrons. The third-order valence-corrected chi connectivity index (χ3v) is 1.86. The van der Waals surface area contributed by atoms with Gasteiger partial charge in [-0.3, -0.25) is 4.79 Å². The molecule has 0 aliphatic heterocycles. The highest BCUT2D eigenvalue weighted by molar-refractivity contribution is 5.92. The third-order valence-electron chi connectivity index (χ3n) is 1.86. The summed E-state index contributed by atoms with van der Waals surface area (Å²) in [7, 11) is 0. The lowest BCUT2D eigenvalue weighted by molar-refractivity contribution is 0.0914. The normalized spacial score (nSPS) is 12.1. The van der Waals surface area contributed by atoms with Gasteiger partial charge in [-0.15, -0.1) is 0 Å². The van der Waals surface area contributed by atoms with Crippen LogP contribution < -0.4 is 10.6 Å². The minimum absolute atomic E-state index is 0.140. The average molecular weight is 250 g/mol. The molecule has 1 amide bonds. The number of carbonyl (C=O) groups excluding carboxylic acids is 1. The van der Waals surface area contributed by atoms with Gasteiger partial charge in [-0.25, -0.2) is 9.97 Å². The minimum atomic E-state index is -0.278. The lowest BCUT2D eigenvalue weighted by Gasteiger charge is -2.22. The first-order chi connectivity index (χ1) is 8.07. The Morgan fingerprint density at radius 2 is 1.72 bits per heavy atom. The Kier molecular flexibility index (Phi) is 3.94. The zero-order valence-electron chi connectivity index (χ0n) is 12.0. The molecule has 0 aliphatic rings. The molecule has 0 atom stereocenters. The quantitative estimate of drug-likeness (QED) is 0.844. The lowest BCUT2D eigenvalue weighted by atomic mass is 10.1. The van der Waals surface area contributed by atoms with Crippen LogP contribution in [0, 0.1) is 0 Å². The maximum Gasteiger partial charge on any atom is 0.270 e. The lowest BCUT2D eigenvalue weighted by Crippen LogP contribution is -2.41. The smallest absolute Gasteiger partial charge is 0.270 e. The number of nitrogens with zero attached hydrogens (tertiary/aromatic N) is 2. The van der Waals surface area contributed by atoms with Crippen LogP contribution in [0.1, 0.15) is 52.0 Å². The molecule has 5 nitrogen and oxygen atoms in total. The summed E-state index contributed by atoms with van der Waals surface area (Å²) >= 11 is 0. The van der Waals surface area contributed by atoms with Gasteiger partial charge in [0.2, 0.25) is 5.95 Å². The molecule has 0 fully saturated rings. The molecule has 0 aliphatic carbocycles. The number of rotatable bonds is 2. The molecule has 0 unspecified atom stereocenters. The Bertz CT molecular complexity index is 429. The van der Waals surface area contributed by atoms with E-state index in [-0.39, 0.29) is 17.0 Å². The van der Waals surface area contributed by atoms with Crippen LogP contribution in [0.5, 0.6) is 0 Å². The van der Waals surface area contributed by atoms with E-state index < -0.39 is 0 Å². The number of aromatic nitrogens is 2. The van der Waals surface area contributed by atoms with Crippen molar-refractivity contribution in [1.82, 2.24) is 15.3 Å². The molecule has 5 heteroatoms. The molecule has 100 valence electrons. The van der Waals surface area contributed by atoms with Crippen LogP contribution in [-0.2, 0) is 0 Å². The van der Waals surface area contributed by atoms with E-state index in [1.165, 1.54) is 0 Å². The van der Waals surface area contributed by atoms with Crippen LogP contribution in [0.2, 0.25) is 0 Å². The van der Waals surface area contributed by atoms with Gasteiger partial charge in [0, 0.05) is 17.3 Å². The molecular formula is C13H22N4O. The van der Waals surface area contributed by atoms with Crippen molar-refractivity contribution in [3.05, 3.63) is 18.0 Å². The first kappa shape index (κ1) is 14.4. The van der Waals surface area contributed by atoms with E-state index in [4.69, 9.17) is 0 Å². The van der Waals surface area contributed by atoms with Crippen molar-refractivity contribution >= 4 is 11.9 Å². The SMILES string of the molecule is CC(C)(C)NC(=O)c1ccnc(NC(C)(C)C)n1. The highest BCUT2D eigenvalue weighted by Gasteiger charge is 2.17. The zero-order chi connectivity index (χ0) is 14.0. The standard InChI is InChI=1S/C13H22N4O/c1-12(2,3)16-10(18)9-7-8-14-11(15-9)17-13(4,5)6/h7-8H,1-6H3,(H,16,18)(H,14,15,17). The maximum absolute atomic E-state index is 11.9. The Morgan fingerprint density at radius 1 is 1.11 bits per heavy atom. The van der Waals surface area contributed by atoms with E-state index in [2.05, 4.69) is 20.6 Å². The second-order valence-corrected chi connectivity index (χ2v) is 6.34. The number of nitrogens with one attached hydrogen (secondary N) is 2. The second-order valence-electron chi connectivity index (χ2n) is 6.34. The Hall–Kier alpha value is -1.65. The van der Waals surface area contributed by atoms with Gasteiger partial charge in [-0.1, -0.05) is 0 Å². The zero-order valence-corrected chi connectivity index (χ0v) is 12.0. The summed E-state index contributed by atoms with van der Waals surface area (Å²) in [6.07, 6.45) is 1.58. The van der Waals surface area contributed by atoms with E-state index in [0.717, 1.165) is 0 Å². The predicted molar refractivity (Wildman–Crippen MR) is 72.6 cm³/mol. The van der Waals surface area contributed by atoms with Gasteiger partial charge in [0.25, 0.3) is 5.91 Å². The average Bonchev–Trinajstić information content (AvgIpc) is 2.12. The molecule has 0 saturated heterocycles. The van der Waals surface area contributed by atoms with Crippen molar-refractivity contribution in [2.75, 3.05) is 5.32 Å². The van der Waals surface area contributed by atoms with Gasteiger partial charge in [-0.05, 0) is 47.6 Å². The summed E-state index contributed by atoms with van der Waals surface area (Å²) in [5.74, 6) is 0.269. The minimum Gasteiger partial charge on any atom is -0.350 e. The summed E-state index contributed by atoms with van der Waals surface area (Å²) in [6, 6.07) is 1.61. The summed E-state index contributed by atoms with van der Waals surface area (Å²) in [5, 5.41) is 6.01. The molecule has 0 saturated carbocycles. The van der Waals surface area contributed by atoms with Crippen LogP contribution in [-0.4, -0.2) is 27.0 Å². The number of amides is 1. The van der Waals surface area contributed by atoms with E-state index in [1.807, 2.05) is 41.5 Å². The molecule has 1 aromatic heterocycles. The van der Waals surface area contributed by atoms with Crippen molar-refractivity contribution in [3.63, 3.8) is 0 Å². The number of hydrogen-bond donors (Lipinski definition) is 2.